The summed E-state index contributed by atoms with van der Waals surface area (Å²) in [5.74, 6) is 0.244. The summed E-state index contributed by atoms with van der Waals surface area (Å²) >= 11 is 5.71. The Balaban J connectivity index is 2.00. The zero-order valence-electron chi connectivity index (χ0n) is 9.10. The van der Waals surface area contributed by atoms with Crippen molar-refractivity contribution in [3.8, 4) is 0 Å². The van der Waals surface area contributed by atoms with Crippen molar-refractivity contribution in [1.29, 1.82) is 0 Å². The first-order valence-corrected chi connectivity index (χ1v) is 6.03. The molecule has 2 rings (SSSR count). The maximum absolute atomic E-state index is 13.1. The minimum absolute atomic E-state index is 0.114. The molecular formula is C12H16ClFN2. The first-order valence-electron chi connectivity index (χ1n) is 5.65. The first-order chi connectivity index (χ1) is 7.66. The van der Waals surface area contributed by atoms with Crippen molar-refractivity contribution in [3.63, 3.8) is 0 Å². The summed E-state index contributed by atoms with van der Waals surface area (Å²) < 4.78 is 13.1. The monoisotopic (exact) mass is 242 g/mol. The maximum atomic E-state index is 13.1. The maximum Gasteiger partial charge on any atom is 0.143 e. The third-order valence-electron chi connectivity index (χ3n) is 3.15. The van der Waals surface area contributed by atoms with Crippen LogP contribution in [0.1, 0.15) is 25.7 Å². The van der Waals surface area contributed by atoms with Crippen molar-refractivity contribution in [3.05, 3.63) is 23.0 Å². The summed E-state index contributed by atoms with van der Waals surface area (Å²) in [7, 11) is 0. The molecule has 16 heavy (non-hydrogen) atoms. The van der Waals surface area contributed by atoms with Crippen molar-refractivity contribution in [2.45, 2.75) is 25.7 Å². The van der Waals surface area contributed by atoms with Crippen LogP contribution in [0.2, 0.25) is 5.02 Å². The van der Waals surface area contributed by atoms with Crippen molar-refractivity contribution >= 4 is 23.0 Å². The van der Waals surface area contributed by atoms with Gasteiger partial charge in [-0.1, -0.05) is 24.4 Å². The van der Waals surface area contributed by atoms with E-state index in [1.807, 2.05) is 0 Å². The van der Waals surface area contributed by atoms with Gasteiger partial charge in [0.25, 0.3) is 0 Å². The van der Waals surface area contributed by atoms with Crippen LogP contribution in [0.15, 0.2) is 12.1 Å². The second kappa shape index (κ2) is 4.91. The van der Waals surface area contributed by atoms with Gasteiger partial charge in [0.2, 0.25) is 0 Å². The molecule has 1 aliphatic carbocycles. The van der Waals surface area contributed by atoms with E-state index < -0.39 is 5.82 Å². The Morgan fingerprint density at radius 1 is 1.38 bits per heavy atom. The predicted molar refractivity (Wildman–Crippen MR) is 66.3 cm³/mol. The molecule has 3 N–H and O–H groups in total. The summed E-state index contributed by atoms with van der Waals surface area (Å²) in [6.45, 7) is 0.895. The molecule has 0 atom stereocenters. The van der Waals surface area contributed by atoms with Crippen LogP contribution in [0, 0.1) is 11.7 Å². The molecule has 1 saturated carbocycles. The third kappa shape index (κ3) is 2.59. The average Bonchev–Trinajstić information content (AvgIpc) is 2.74. The van der Waals surface area contributed by atoms with Gasteiger partial charge < -0.3 is 11.1 Å². The number of anilines is 2. The molecule has 1 aromatic carbocycles. The SMILES string of the molecule is Nc1cc(F)c(Cl)cc1NCC1CCCC1. The fraction of sp³-hybridized carbons (Fsp3) is 0.500. The molecule has 4 heteroatoms. The van der Waals surface area contributed by atoms with Crippen LogP contribution in [0.4, 0.5) is 15.8 Å². The van der Waals surface area contributed by atoms with E-state index in [-0.39, 0.29) is 5.02 Å². The third-order valence-corrected chi connectivity index (χ3v) is 3.44. The number of nitrogens with two attached hydrogens (primary N) is 1. The van der Waals surface area contributed by atoms with Crippen molar-refractivity contribution < 1.29 is 4.39 Å². The first kappa shape index (κ1) is 11.5. The van der Waals surface area contributed by atoms with Crippen LogP contribution in [-0.2, 0) is 0 Å². The molecule has 1 fully saturated rings. The second-order valence-corrected chi connectivity index (χ2v) is 4.79. The van der Waals surface area contributed by atoms with Crippen LogP contribution >= 0.6 is 11.6 Å². The van der Waals surface area contributed by atoms with E-state index in [9.17, 15) is 4.39 Å². The van der Waals surface area contributed by atoms with E-state index in [0.29, 0.717) is 11.6 Å². The lowest BCUT2D eigenvalue weighted by Gasteiger charge is -2.14. The molecule has 0 unspecified atom stereocenters. The van der Waals surface area contributed by atoms with Gasteiger partial charge in [-0.05, 0) is 24.8 Å². The Labute approximate surface area is 100.0 Å². The Kier molecular flexibility index (Phi) is 3.54. The molecule has 88 valence electrons. The van der Waals surface area contributed by atoms with Crippen molar-refractivity contribution in [2.24, 2.45) is 5.92 Å². The molecule has 0 bridgehead atoms. The molecule has 0 amide bonds. The lowest BCUT2D eigenvalue weighted by molar-refractivity contribution is 0.580. The number of hydrogen-bond donors (Lipinski definition) is 2. The van der Waals surface area contributed by atoms with E-state index in [2.05, 4.69) is 5.32 Å². The Hall–Kier alpha value is -0.960. The van der Waals surface area contributed by atoms with Gasteiger partial charge in [-0.25, -0.2) is 4.39 Å². The molecule has 0 spiro atoms. The quantitative estimate of drug-likeness (QED) is 0.794. The number of nitrogen functional groups attached to an aromatic ring is 1. The molecular weight excluding hydrogens is 227 g/mol. The Morgan fingerprint density at radius 3 is 2.75 bits per heavy atom. The molecule has 0 saturated heterocycles. The largest absolute Gasteiger partial charge is 0.397 e. The predicted octanol–water partition coefficient (Wildman–Crippen LogP) is 3.66. The van der Waals surface area contributed by atoms with Gasteiger partial charge in [-0.3, -0.25) is 0 Å². The zero-order valence-corrected chi connectivity index (χ0v) is 9.86. The van der Waals surface area contributed by atoms with E-state index in [1.54, 1.807) is 6.07 Å². The summed E-state index contributed by atoms with van der Waals surface area (Å²) in [6.07, 6.45) is 5.15. The van der Waals surface area contributed by atoms with Gasteiger partial charge in [0.15, 0.2) is 0 Å². The minimum Gasteiger partial charge on any atom is -0.397 e. The molecule has 0 aliphatic heterocycles. The van der Waals surface area contributed by atoms with Crippen LogP contribution in [-0.4, -0.2) is 6.54 Å². The highest BCUT2D eigenvalue weighted by Crippen LogP contribution is 2.29. The normalized spacial score (nSPS) is 16.6. The van der Waals surface area contributed by atoms with Crippen molar-refractivity contribution in [1.82, 2.24) is 0 Å². The fourth-order valence-electron chi connectivity index (χ4n) is 2.18. The number of rotatable bonds is 3. The van der Waals surface area contributed by atoms with Gasteiger partial charge in [-0.15, -0.1) is 0 Å². The number of hydrogen-bond acceptors (Lipinski definition) is 2. The molecule has 0 heterocycles. The van der Waals surface area contributed by atoms with Gasteiger partial charge >= 0.3 is 0 Å². The smallest absolute Gasteiger partial charge is 0.143 e. The topological polar surface area (TPSA) is 38.0 Å². The molecule has 2 nitrogen and oxygen atoms in total. The van der Waals surface area contributed by atoms with Gasteiger partial charge in [0.1, 0.15) is 5.82 Å². The lowest BCUT2D eigenvalue weighted by Crippen LogP contribution is -2.12. The molecule has 1 aromatic rings. The Bertz CT molecular complexity index is 376. The van der Waals surface area contributed by atoms with Crippen LogP contribution < -0.4 is 11.1 Å². The molecule has 0 radical (unpaired) electrons. The van der Waals surface area contributed by atoms with Gasteiger partial charge in [-0.2, -0.15) is 0 Å². The van der Waals surface area contributed by atoms with E-state index in [1.165, 1.54) is 31.7 Å². The standard InChI is InChI=1S/C12H16ClFN2/c13-9-5-12(11(15)6-10(9)14)16-7-8-3-1-2-4-8/h5-6,8,16H,1-4,7,15H2. The summed E-state index contributed by atoms with van der Waals surface area (Å²) in [5.41, 5.74) is 6.86. The minimum atomic E-state index is -0.467. The molecule has 1 aliphatic rings. The lowest BCUT2D eigenvalue weighted by atomic mass is 10.1. The van der Waals surface area contributed by atoms with Gasteiger partial charge in [0, 0.05) is 12.6 Å². The summed E-state index contributed by atoms with van der Waals surface area (Å²) in [4.78, 5) is 0. The van der Waals surface area contributed by atoms with E-state index in [0.717, 1.165) is 12.2 Å². The summed E-state index contributed by atoms with van der Waals surface area (Å²) in [5, 5.41) is 3.36. The van der Waals surface area contributed by atoms with E-state index >= 15 is 0 Å². The van der Waals surface area contributed by atoms with Crippen LogP contribution in [0.3, 0.4) is 0 Å². The zero-order chi connectivity index (χ0) is 11.5. The summed E-state index contributed by atoms with van der Waals surface area (Å²) in [6, 6.07) is 2.82. The highest BCUT2D eigenvalue weighted by molar-refractivity contribution is 6.31. The second-order valence-electron chi connectivity index (χ2n) is 4.38. The number of nitrogens with one attached hydrogen (secondary N) is 1. The van der Waals surface area contributed by atoms with Crippen LogP contribution in [0.5, 0.6) is 0 Å². The van der Waals surface area contributed by atoms with Gasteiger partial charge in [0.05, 0.1) is 16.4 Å². The highest BCUT2D eigenvalue weighted by atomic mass is 35.5. The number of halogens is 2. The van der Waals surface area contributed by atoms with Crippen LogP contribution in [0.25, 0.3) is 0 Å². The highest BCUT2D eigenvalue weighted by Gasteiger charge is 2.15. The van der Waals surface area contributed by atoms with E-state index in [4.69, 9.17) is 17.3 Å². The average molecular weight is 243 g/mol. The number of benzene rings is 1. The van der Waals surface area contributed by atoms with Crippen molar-refractivity contribution in [2.75, 3.05) is 17.6 Å². The fourth-order valence-corrected chi connectivity index (χ4v) is 2.35. The Morgan fingerprint density at radius 2 is 2.06 bits per heavy atom. The molecule has 0 aromatic heterocycles.